The van der Waals surface area contributed by atoms with Crippen molar-refractivity contribution in [3.63, 3.8) is 0 Å². The third-order valence-corrected chi connectivity index (χ3v) is 3.89. The molecular formula is C11H14ClNOS. The molecule has 0 fully saturated rings. The van der Waals surface area contributed by atoms with Gasteiger partial charge >= 0.3 is 0 Å². The molecule has 1 N–H and O–H groups in total. The number of fused-ring (bicyclic) bond motifs is 1. The molecule has 0 aliphatic heterocycles. The molecule has 2 rings (SSSR count). The summed E-state index contributed by atoms with van der Waals surface area (Å²) in [6.07, 6.45) is 3.80. The van der Waals surface area contributed by atoms with Gasteiger partial charge in [0, 0.05) is 17.2 Å². The van der Waals surface area contributed by atoms with Gasteiger partial charge in [-0.2, -0.15) is 0 Å². The van der Waals surface area contributed by atoms with Crippen molar-refractivity contribution in [2.24, 2.45) is 0 Å². The smallest absolute Gasteiger partial charge is 0.221 e. The SMILES string of the molecule is O=C(CCCl)NC1CCCc2sccc21. The van der Waals surface area contributed by atoms with Crippen LogP contribution in [0.5, 0.6) is 0 Å². The quantitative estimate of drug-likeness (QED) is 0.813. The first-order chi connectivity index (χ1) is 7.31. The van der Waals surface area contributed by atoms with E-state index in [1.165, 1.54) is 16.9 Å². The minimum atomic E-state index is 0.0639. The average molecular weight is 244 g/mol. The molecule has 1 aliphatic carbocycles. The van der Waals surface area contributed by atoms with E-state index in [2.05, 4.69) is 16.8 Å². The van der Waals surface area contributed by atoms with E-state index < -0.39 is 0 Å². The highest BCUT2D eigenvalue weighted by Crippen LogP contribution is 2.33. The Bertz CT molecular complexity index is 350. The van der Waals surface area contributed by atoms with E-state index in [1.54, 1.807) is 11.3 Å². The summed E-state index contributed by atoms with van der Waals surface area (Å²) < 4.78 is 0. The molecule has 0 saturated heterocycles. The second-order valence-electron chi connectivity index (χ2n) is 3.75. The molecule has 1 aliphatic rings. The van der Waals surface area contributed by atoms with E-state index in [0.29, 0.717) is 12.3 Å². The van der Waals surface area contributed by atoms with Crippen LogP contribution in [0.15, 0.2) is 11.4 Å². The Morgan fingerprint density at radius 3 is 3.33 bits per heavy atom. The molecule has 1 heterocycles. The van der Waals surface area contributed by atoms with E-state index in [-0.39, 0.29) is 11.9 Å². The molecule has 1 amide bonds. The molecule has 0 radical (unpaired) electrons. The largest absolute Gasteiger partial charge is 0.349 e. The Kier molecular flexibility index (Phi) is 3.65. The second kappa shape index (κ2) is 4.99. The van der Waals surface area contributed by atoms with E-state index in [1.807, 2.05) is 0 Å². The van der Waals surface area contributed by atoms with E-state index >= 15 is 0 Å². The maximum absolute atomic E-state index is 11.5. The average Bonchev–Trinajstić information content (AvgIpc) is 2.67. The lowest BCUT2D eigenvalue weighted by Crippen LogP contribution is -2.30. The topological polar surface area (TPSA) is 29.1 Å². The number of amides is 1. The Hall–Kier alpha value is -0.540. The lowest BCUT2D eigenvalue weighted by molar-refractivity contribution is -0.121. The second-order valence-corrected chi connectivity index (χ2v) is 5.13. The predicted octanol–water partition coefficient (Wildman–Crippen LogP) is 2.87. The first-order valence-corrected chi connectivity index (χ1v) is 6.64. The number of thiophene rings is 1. The molecule has 1 atom stereocenters. The zero-order valence-electron chi connectivity index (χ0n) is 8.46. The Labute approximate surface area is 98.6 Å². The van der Waals surface area contributed by atoms with Gasteiger partial charge in [0.1, 0.15) is 0 Å². The van der Waals surface area contributed by atoms with Crippen molar-refractivity contribution in [1.82, 2.24) is 5.32 Å². The predicted molar refractivity (Wildman–Crippen MR) is 63.5 cm³/mol. The zero-order chi connectivity index (χ0) is 10.7. The number of alkyl halides is 1. The molecule has 0 spiro atoms. The van der Waals surface area contributed by atoms with E-state index in [4.69, 9.17) is 11.6 Å². The molecule has 15 heavy (non-hydrogen) atoms. The molecule has 0 bridgehead atoms. The molecule has 0 saturated carbocycles. The normalized spacial score (nSPS) is 19.7. The Balaban J connectivity index is 2.03. The van der Waals surface area contributed by atoms with Crippen molar-refractivity contribution in [1.29, 1.82) is 0 Å². The summed E-state index contributed by atoms with van der Waals surface area (Å²) in [5.41, 5.74) is 1.31. The first kappa shape index (κ1) is 11.0. The van der Waals surface area contributed by atoms with Crippen LogP contribution in [0.2, 0.25) is 0 Å². The molecule has 2 nitrogen and oxygen atoms in total. The molecule has 1 aromatic rings. The monoisotopic (exact) mass is 243 g/mol. The van der Waals surface area contributed by atoms with Gasteiger partial charge in [-0.1, -0.05) is 0 Å². The summed E-state index contributed by atoms with van der Waals surface area (Å²) in [7, 11) is 0. The van der Waals surface area contributed by atoms with Crippen LogP contribution in [0.3, 0.4) is 0 Å². The summed E-state index contributed by atoms with van der Waals surface area (Å²) in [6.45, 7) is 0. The number of rotatable bonds is 3. The fourth-order valence-electron chi connectivity index (χ4n) is 1.99. The molecule has 4 heteroatoms. The van der Waals surface area contributed by atoms with E-state index in [0.717, 1.165) is 12.8 Å². The van der Waals surface area contributed by atoms with Gasteiger partial charge in [-0.3, -0.25) is 4.79 Å². The number of nitrogens with one attached hydrogen (secondary N) is 1. The highest BCUT2D eigenvalue weighted by atomic mass is 35.5. The molecule has 1 aromatic heterocycles. The van der Waals surface area contributed by atoms with Crippen molar-refractivity contribution < 1.29 is 4.79 Å². The molecule has 1 unspecified atom stereocenters. The standard InChI is InChI=1S/C11H14ClNOS/c12-6-4-11(14)13-9-2-1-3-10-8(9)5-7-15-10/h5,7,9H,1-4,6H2,(H,13,14). The maximum Gasteiger partial charge on any atom is 0.221 e. The van der Waals surface area contributed by atoms with Gasteiger partial charge in [0.2, 0.25) is 5.91 Å². The number of carbonyl (C=O) groups is 1. The lowest BCUT2D eigenvalue weighted by atomic mass is 9.94. The van der Waals surface area contributed by atoms with Gasteiger partial charge in [-0.05, 0) is 36.3 Å². The number of hydrogen-bond donors (Lipinski definition) is 1. The van der Waals surface area contributed by atoms with Gasteiger partial charge in [0.05, 0.1) is 6.04 Å². The van der Waals surface area contributed by atoms with Crippen molar-refractivity contribution in [2.75, 3.05) is 5.88 Å². The van der Waals surface area contributed by atoms with Crippen LogP contribution in [0, 0.1) is 0 Å². The first-order valence-electron chi connectivity index (χ1n) is 5.23. The number of hydrogen-bond acceptors (Lipinski definition) is 2. The highest BCUT2D eigenvalue weighted by Gasteiger charge is 2.22. The summed E-state index contributed by atoms with van der Waals surface area (Å²) >= 11 is 7.33. The van der Waals surface area contributed by atoms with Crippen LogP contribution < -0.4 is 5.32 Å². The number of carbonyl (C=O) groups excluding carboxylic acids is 1. The van der Waals surface area contributed by atoms with Gasteiger partial charge < -0.3 is 5.32 Å². The van der Waals surface area contributed by atoms with Crippen LogP contribution in [0.25, 0.3) is 0 Å². The van der Waals surface area contributed by atoms with Gasteiger partial charge in [0.15, 0.2) is 0 Å². The van der Waals surface area contributed by atoms with Crippen LogP contribution in [-0.2, 0) is 11.2 Å². The molecule has 82 valence electrons. The third-order valence-electron chi connectivity index (χ3n) is 2.71. The zero-order valence-corrected chi connectivity index (χ0v) is 10.0. The van der Waals surface area contributed by atoms with Gasteiger partial charge in [-0.25, -0.2) is 0 Å². The summed E-state index contributed by atoms with van der Waals surface area (Å²) in [5, 5.41) is 5.15. The Morgan fingerprint density at radius 2 is 2.53 bits per heavy atom. The lowest BCUT2D eigenvalue weighted by Gasteiger charge is -2.23. The van der Waals surface area contributed by atoms with Crippen LogP contribution >= 0.6 is 22.9 Å². The van der Waals surface area contributed by atoms with Crippen molar-refractivity contribution >= 4 is 28.8 Å². The minimum Gasteiger partial charge on any atom is -0.349 e. The van der Waals surface area contributed by atoms with Gasteiger partial charge in [0.25, 0.3) is 0 Å². The molecular weight excluding hydrogens is 230 g/mol. The highest BCUT2D eigenvalue weighted by molar-refractivity contribution is 7.10. The Morgan fingerprint density at radius 1 is 1.67 bits per heavy atom. The van der Waals surface area contributed by atoms with Crippen molar-refractivity contribution in [2.45, 2.75) is 31.7 Å². The number of halogens is 1. The van der Waals surface area contributed by atoms with Gasteiger partial charge in [-0.15, -0.1) is 22.9 Å². The fraction of sp³-hybridized carbons (Fsp3) is 0.545. The van der Waals surface area contributed by atoms with Crippen molar-refractivity contribution in [3.05, 3.63) is 21.9 Å². The van der Waals surface area contributed by atoms with E-state index in [9.17, 15) is 4.79 Å². The van der Waals surface area contributed by atoms with Crippen molar-refractivity contribution in [3.8, 4) is 0 Å². The van der Waals surface area contributed by atoms with Crippen LogP contribution in [-0.4, -0.2) is 11.8 Å². The summed E-state index contributed by atoms with van der Waals surface area (Å²) in [6, 6.07) is 2.35. The third kappa shape index (κ3) is 2.52. The van der Waals surface area contributed by atoms with Crippen LogP contribution in [0.4, 0.5) is 0 Å². The maximum atomic E-state index is 11.5. The minimum absolute atomic E-state index is 0.0639. The summed E-state index contributed by atoms with van der Waals surface area (Å²) in [5.74, 6) is 0.462. The van der Waals surface area contributed by atoms with Crippen LogP contribution in [0.1, 0.15) is 35.7 Å². The number of aryl methyl sites for hydroxylation is 1. The summed E-state index contributed by atoms with van der Waals surface area (Å²) in [4.78, 5) is 12.9. The molecule has 0 aromatic carbocycles. The fourth-order valence-corrected chi connectivity index (χ4v) is 3.15.